The fraction of sp³-hybridized carbons (Fsp3) is 0.214. The number of nitriles is 1. The molecular formula is C28H24FN3O3. The highest BCUT2D eigenvalue weighted by atomic mass is 19.1. The molecule has 0 bridgehead atoms. The van der Waals surface area contributed by atoms with Crippen LogP contribution in [0, 0.1) is 17.1 Å². The minimum atomic E-state index is -0.377. The smallest absolute Gasteiger partial charge is 0.180 e. The van der Waals surface area contributed by atoms with Gasteiger partial charge in [0.05, 0.1) is 31.2 Å². The highest BCUT2D eigenvalue weighted by Crippen LogP contribution is 2.39. The zero-order valence-electron chi connectivity index (χ0n) is 19.8. The maximum atomic E-state index is 13.9. The maximum Gasteiger partial charge on any atom is 0.180 e. The van der Waals surface area contributed by atoms with Crippen LogP contribution in [0.5, 0.6) is 11.5 Å². The second kappa shape index (κ2) is 9.24. The number of pyridine rings is 1. The first-order chi connectivity index (χ1) is 17.0. The standard InChI is InChI=1S/C28H24FN3O3/c1-17(14-30)27-21-8-6-18(11-19(21)15-35-26-13-20(29)7-9-22(26)27)12-24-23(16-33-2)31-28-25(34-3)5-4-10-32(24)28/h4-11,13H,12,15-16H2,1-3H3/b27-17-. The van der Waals surface area contributed by atoms with E-state index < -0.39 is 0 Å². The molecule has 4 aromatic rings. The van der Waals surface area contributed by atoms with Gasteiger partial charge in [-0.3, -0.25) is 0 Å². The van der Waals surface area contributed by atoms with E-state index in [4.69, 9.17) is 19.2 Å². The quantitative estimate of drug-likeness (QED) is 0.363. The average Bonchev–Trinajstić information content (AvgIpc) is 3.12. The fourth-order valence-electron chi connectivity index (χ4n) is 4.63. The second-order valence-electron chi connectivity index (χ2n) is 8.42. The second-order valence-corrected chi connectivity index (χ2v) is 8.42. The number of nitrogens with zero attached hydrogens (tertiary/aromatic N) is 3. The van der Waals surface area contributed by atoms with E-state index in [0.717, 1.165) is 39.3 Å². The number of benzene rings is 2. The predicted molar refractivity (Wildman–Crippen MR) is 130 cm³/mol. The first kappa shape index (κ1) is 22.6. The molecule has 35 heavy (non-hydrogen) atoms. The molecule has 1 aliphatic heterocycles. The largest absolute Gasteiger partial charge is 0.493 e. The summed E-state index contributed by atoms with van der Waals surface area (Å²) in [5.74, 6) is 0.750. The van der Waals surface area contributed by atoms with Gasteiger partial charge in [-0.2, -0.15) is 5.26 Å². The van der Waals surface area contributed by atoms with E-state index in [2.05, 4.69) is 12.1 Å². The number of fused-ring (bicyclic) bond motifs is 3. The molecule has 7 heteroatoms. The molecule has 0 aliphatic carbocycles. The van der Waals surface area contributed by atoms with E-state index in [9.17, 15) is 9.65 Å². The summed E-state index contributed by atoms with van der Waals surface area (Å²) in [6.45, 7) is 2.42. The Balaban J connectivity index is 1.60. The van der Waals surface area contributed by atoms with E-state index in [1.54, 1.807) is 27.2 Å². The molecule has 0 N–H and O–H groups in total. The summed E-state index contributed by atoms with van der Waals surface area (Å²) in [7, 11) is 3.28. The van der Waals surface area contributed by atoms with E-state index in [0.29, 0.717) is 35.7 Å². The van der Waals surface area contributed by atoms with Crippen LogP contribution in [0.4, 0.5) is 4.39 Å². The van der Waals surface area contributed by atoms with Gasteiger partial charge in [-0.15, -0.1) is 0 Å². The van der Waals surface area contributed by atoms with Crippen LogP contribution < -0.4 is 9.47 Å². The molecule has 3 heterocycles. The number of methoxy groups -OCH3 is 2. The molecule has 0 amide bonds. The molecule has 0 atom stereocenters. The summed E-state index contributed by atoms with van der Waals surface area (Å²) >= 11 is 0. The molecule has 5 rings (SSSR count). The normalized spacial score (nSPS) is 13.9. The van der Waals surface area contributed by atoms with E-state index in [1.165, 1.54) is 12.1 Å². The number of hydrogen-bond acceptors (Lipinski definition) is 5. The van der Waals surface area contributed by atoms with Crippen LogP contribution in [0.2, 0.25) is 0 Å². The van der Waals surface area contributed by atoms with Crippen LogP contribution in [-0.4, -0.2) is 23.6 Å². The third-order valence-corrected chi connectivity index (χ3v) is 6.25. The van der Waals surface area contributed by atoms with Crippen LogP contribution >= 0.6 is 0 Å². The molecule has 0 fully saturated rings. The molecule has 0 spiro atoms. The molecule has 0 radical (unpaired) electrons. The van der Waals surface area contributed by atoms with Crippen molar-refractivity contribution in [2.24, 2.45) is 0 Å². The third-order valence-electron chi connectivity index (χ3n) is 6.25. The molecule has 0 saturated carbocycles. The van der Waals surface area contributed by atoms with Crippen LogP contribution in [0.25, 0.3) is 11.2 Å². The van der Waals surface area contributed by atoms with E-state index >= 15 is 0 Å². The van der Waals surface area contributed by atoms with E-state index in [-0.39, 0.29) is 12.4 Å². The Kier molecular flexibility index (Phi) is 5.98. The van der Waals surface area contributed by atoms with Gasteiger partial charge in [0.25, 0.3) is 0 Å². The summed E-state index contributed by atoms with van der Waals surface area (Å²) < 4.78 is 32.9. The number of halogens is 1. The van der Waals surface area contributed by atoms with Crippen molar-refractivity contribution in [3.05, 3.63) is 99.8 Å². The predicted octanol–water partition coefficient (Wildman–Crippen LogP) is 5.46. The third kappa shape index (κ3) is 4.02. The lowest BCUT2D eigenvalue weighted by Gasteiger charge is -2.13. The molecule has 0 saturated heterocycles. The van der Waals surface area contributed by atoms with Crippen molar-refractivity contribution in [2.45, 2.75) is 26.6 Å². The van der Waals surface area contributed by atoms with Gasteiger partial charge in [-0.25, -0.2) is 9.37 Å². The summed E-state index contributed by atoms with van der Waals surface area (Å²) in [6.07, 6.45) is 2.58. The Morgan fingerprint density at radius 3 is 2.77 bits per heavy atom. The molecule has 6 nitrogen and oxygen atoms in total. The van der Waals surface area contributed by atoms with Gasteiger partial charge in [-0.1, -0.05) is 18.2 Å². The lowest BCUT2D eigenvalue weighted by Crippen LogP contribution is -2.03. The van der Waals surface area contributed by atoms with Crippen LogP contribution in [0.3, 0.4) is 0 Å². The maximum absolute atomic E-state index is 13.9. The van der Waals surface area contributed by atoms with Crippen LogP contribution in [0.1, 0.15) is 40.6 Å². The van der Waals surface area contributed by atoms with Gasteiger partial charge < -0.3 is 18.6 Å². The fourth-order valence-corrected chi connectivity index (χ4v) is 4.63. The van der Waals surface area contributed by atoms with Gasteiger partial charge in [0.15, 0.2) is 11.4 Å². The number of rotatable bonds is 5. The molecular weight excluding hydrogens is 445 g/mol. The van der Waals surface area contributed by atoms with Crippen molar-refractivity contribution in [3.8, 4) is 17.6 Å². The summed E-state index contributed by atoms with van der Waals surface area (Å²) in [4.78, 5) is 4.76. The zero-order chi connectivity index (χ0) is 24.5. The summed E-state index contributed by atoms with van der Waals surface area (Å²) in [5.41, 5.74) is 7.51. The van der Waals surface area contributed by atoms with Gasteiger partial charge in [0.1, 0.15) is 18.2 Å². The highest BCUT2D eigenvalue weighted by molar-refractivity contribution is 5.88. The van der Waals surface area contributed by atoms with Crippen molar-refractivity contribution in [1.82, 2.24) is 9.38 Å². The Bertz CT molecular complexity index is 1510. The molecule has 0 unspecified atom stereocenters. The van der Waals surface area contributed by atoms with Crippen LogP contribution in [-0.2, 0) is 24.4 Å². The minimum absolute atomic E-state index is 0.272. The van der Waals surface area contributed by atoms with Crippen molar-refractivity contribution in [3.63, 3.8) is 0 Å². The SMILES string of the molecule is COCc1nc2c(OC)cccn2c1Cc1ccc2c(c1)COc1cc(F)ccc1/C2=C(/C)C#N. The van der Waals surface area contributed by atoms with Crippen molar-refractivity contribution >= 4 is 11.2 Å². The topological polar surface area (TPSA) is 68.8 Å². The molecule has 1 aliphatic rings. The Morgan fingerprint density at radius 2 is 2.00 bits per heavy atom. The van der Waals surface area contributed by atoms with Crippen LogP contribution in [0.15, 0.2) is 60.3 Å². The lowest BCUT2D eigenvalue weighted by atomic mass is 9.89. The first-order valence-corrected chi connectivity index (χ1v) is 11.2. The number of imidazole rings is 1. The van der Waals surface area contributed by atoms with E-state index in [1.807, 2.05) is 34.9 Å². The highest BCUT2D eigenvalue weighted by Gasteiger charge is 2.23. The van der Waals surface area contributed by atoms with Crippen molar-refractivity contribution in [1.29, 1.82) is 5.26 Å². The molecule has 176 valence electrons. The number of hydrogen-bond donors (Lipinski definition) is 0. The summed E-state index contributed by atoms with van der Waals surface area (Å²) in [6, 6.07) is 16.6. The lowest BCUT2D eigenvalue weighted by molar-refractivity contribution is 0.181. The Morgan fingerprint density at radius 1 is 1.17 bits per heavy atom. The molecule has 2 aromatic carbocycles. The monoisotopic (exact) mass is 469 g/mol. The van der Waals surface area contributed by atoms with Crippen molar-refractivity contribution < 1.29 is 18.6 Å². The average molecular weight is 470 g/mol. The van der Waals surface area contributed by atoms with Gasteiger partial charge in [0.2, 0.25) is 0 Å². The summed E-state index contributed by atoms with van der Waals surface area (Å²) in [5, 5.41) is 9.68. The van der Waals surface area contributed by atoms with Gasteiger partial charge in [0, 0.05) is 42.5 Å². The molecule has 2 aromatic heterocycles. The van der Waals surface area contributed by atoms with Gasteiger partial charge >= 0.3 is 0 Å². The first-order valence-electron chi connectivity index (χ1n) is 11.2. The van der Waals surface area contributed by atoms with Crippen molar-refractivity contribution in [2.75, 3.05) is 14.2 Å². The number of allylic oxidation sites excluding steroid dienone is 1. The zero-order valence-corrected chi connectivity index (χ0v) is 19.8. The Labute approximate surface area is 202 Å². The number of ether oxygens (including phenoxy) is 3. The minimum Gasteiger partial charge on any atom is -0.493 e. The Hall–Kier alpha value is -4.15. The van der Waals surface area contributed by atoms with Gasteiger partial charge in [-0.05, 0) is 47.9 Å². The number of aromatic nitrogens is 2.